The van der Waals surface area contributed by atoms with E-state index in [9.17, 15) is 0 Å². The molecule has 1 aromatic rings. The highest BCUT2D eigenvalue weighted by Gasteiger charge is 2.29. The predicted octanol–water partition coefficient (Wildman–Crippen LogP) is 1.13. The molecule has 0 atom stereocenters. The lowest BCUT2D eigenvalue weighted by atomic mass is 10.4. The molecule has 1 rings (SSSR count). The molecule has 0 aromatic carbocycles. The first-order valence-corrected chi connectivity index (χ1v) is 12.7. The Morgan fingerprint density at radius 3 is 1.76 bits per heavy atom. The first kappa shape index (κ1) is 13.9. The van der Waals surface area contributed by atoms with E-state index in [0.29, 0.717) is 11.5 Å². The zero-order chi connectivity index (χ0) is 13.4. The number of rotatable bonds is 2. The third-order valence-corrected chi connectivity index (χ3v) is 6.04. The Bertz CT molecular complexity index is 476. The van der Waals surface area contributed by atoms with Crippen LogP contribution in [0.15, 0.2) is 0 Å². The second kappa shape index (κ2) is 4.28. The maximum Gasteiger partial charge on any atom is 0.142 e. The molecule has 0 saturated heterocycles. The minimum Gasteiger partial charge on any atom is -0.382 e. The summed E-state index contributed by atoms with van der Waals surface area (Å²) in [4.78, 5) is 9.15. The number of anilines is 1. The molecule has 3 nitrogen and oxygen atoms in total. The van der Waals surface area contributed by atoms with Crippen LogP contribution in [0.5, 0.6) is 0 Å². The maximum atomic E-state index is 5.98. The van der Waals surface area contributed by atoms with E-state index in [2.05, 4.69) is 50.2 Å². The van der Waals surface area contributed by atoms with Crippen LogP contribution in [0.2, 0.25) is 39.3 Å². The summed E-state index contributed by atoms with van der Waals surface area (Å²) in [7, 11) is -3.15. The Labute approximate surface area is 106 Å². The molecule has 0 aliphatic heterocycles. The van der Waals surface area contributed by atoms with Crippen molar-refractivity contribution in [3.8, 4) is 12.3 Å². The summed E-state index contributed by atoms with van der Waals surface area (Å²) in [5.74, 6) is 3.13. The fourth-order valence-corrected chi connectivity index (χ4v) is 4.29. The highest BCUT2D eigenvalue weighted by Crippen LogP contribution is 2.08. The van der Waals surface area contributed by atoms with E-state index in [-0.39, 0.29) is 0 Å². The second-order valence-electron chi connectivity index (χ2n) is 6.30. The molecule has 0 saturated carbocycles. The van der Waals surface area contributed by atoms with E-state index in [0.717, 1.165) is 10.6 Å². The molecule has 0 amide bonds. The van der Waals surface area contributed by atoms with Gasteiger partial charge in [0.25, 0.3) is 0 Å². The normalized spacial score (nSPS) is 12.3. The minimum absolute atomic E-state index is 0.513. The van der Waals surface area contributed by atoms with Gasteiger partial charge in [0.15, 0.2) is 0 Å². The molecular formula is C12H21N3Si2. The van der Waals surface area contributed by atoms with E-state index in [1.807, 2.05) is 0 Å². The van der Waals surface area contributed by atoms with Crippen LogP contribution in [-0.4, -0.2) is 26.1 Å². The van der Waals surface area contributed by atoms with Crippen LogP contribution in [0, 0.1) is 12.3 Å². The first-order valence-electron chi connectivity index (χ1n) is 5.72. The smallest absolute Gasteiger partial charge is 0.142 e. The van der Waals surface area contributed by atoms with E-state index < -0.39 is 16.1 Å². The number of nitrogen functional groups attached to an aromatic ring is 1. The summed E-state index contributed by atoms with van der Waals surface area (Å²) >= 11 is 0. The summed E-state index contributed by atoms with van der Waals surface area (Å²) in [6, 6.07) is 0. The first-order chi connectivity index (χ1) is 7.57. The van der Waals surface area contributed by atoms with Crippen molar-refractivity contribution in [1.29, 1.82) is 0 Å². The lowest BCUT2D eigenvalue weighted by molar-refractivity contribution is 1.23. The van der Waals surface area contributed by atoms with Gasteiger partial charge in [-0.15, -0.1) is 6.42 Å². The number of hydrogen-bond acceptors (Lipinski definition) is 3. The number of hydrogen-bond donors (Lipinski definition) is 1. The third kappa shape index (κ3) is 2.96. The van der Waals surface area contributed by atoms with Gasteiger partial charge in [-0.1, -0.05) is 39.3 Å². The molecule has 0 bridgehead atoms. The van der Waals surface area contributed by atoms with Crippen molar-refractivity contribution in [3.05, 3.63) is 5.69 Å². The predicted molar refractivity (Wildman–Crippen MR) is 80.3 cm³/mol. The summed E-state index contributed by atoms with van der Waals surface area (Å²) in [5.41, 5.74) is 6.60. The van der Waals surface area contributed by atoms with Crippen LogP contribution in [0.3, 0.4) is 0 Å². The molecule has 2 N–H and O–H groups in total. The topological polar surface area (TPSA) is 51.8 Å². The average molecular weight is 263 g/mol. The van der Waals surface area contributed by atoms with E-state index in [1.54, 1.807) is 0 Å². The molecule has 17 heavy (non-hydrogen) atoms. The van der Waals surface area contributed by atoms with Crippen molar-refractivity contribution < 1.29 is 0 Å². The highest BCUT2D eigenvalue weighted by atomic mass is 28.3. The van der Waals surface area contributed by atoms with Crippen molar-refractivity contribution >= 4 is 32.6 Å². The van der Waals surface area contributed by atoms with Crippen molar-refractivity contribution in [2.45, 2.75) is 39.3 Å². The van der Waals surface area contributed by atoms with Crippen LogP contribution in [0.25, 0.3) is 0 Å². The zero-order valence-electron chi connectivity index (χ0n) is 11.5. The molecule has 1 aromatic heterocycles. The molecule has 0 spiro atoms. The summed E-state index contributed by atoms with van der Waals surface area (Å²) < 4.78 is 0. The monoisotopic (exact) mass is 263 g/mol. The lowest BCUT2D eigenvalue weighted by Crippen LogP contribution is -2.52. The number of aromatic nitrogens is 2. The molecule has 0 radical (unpaired) electrons. The maximum absolute atomic E-state index is 5.98. The van der Waals surface area contributed by atoms with Crippen molar-refractivity contribution in [2.75, 3.05) is 5.73 Å². The fraction of sp³-hybridized carbons (Fsp3) is 0.500. The Hall–Kier alpha value is -1.13. The third-order valence-electron chi connectivity index (χ3n) is 2.48. The molecule has 0 unspecified atom stereocenters. The Morgan fingerprint density at radius 1 is 0.941 bits per heavy atom. The molecule has 5 heteroatoms. The zero-order valence-corrected chi connectivity index (χ0v) is 13.5. The van der Waals surface area contributed by atoms with Crippen LogP contribution >= 0.6 is 0 Å². The van der Waals surface area contributed by atoms with Gasteiger partial charge in [-0.25, -0.2) is 4.98 Å². The SMILES string of the molecule is C#Cc1nc(N)c([Si](C)(C)C)nc1[Si](C)(C)C. The summed E-state index contributed by atoms with van der Waals surface area (Å²) in [6.45, 7) is 13.3. The fourth-order valence-electron chi connectivity index (χ4n) is 1.62. The summed E-state index contributed by atoms with van der Waals surface area (Å²) in [5, 5.41) is 1.99. The van der Waals surface area contributed by atoms with E-state index >= 15 is 0 Å². The van der Waals surface area contributed by atoms with Crippen LogP contribution in [-0.2, 0) is 0 Å². The van der Waals surface area contributed by atoms with Gasteiger partial charge >= 0.3 is 0 Å². The van der Waals surface area contributed by atoms with Gasteiger partial charge in [0.2, 0.25) is 0 Å². The molecule has 0 aliphatic carbocycles. The molecular weight excluding hydrogens is 242 g/mol. The molecule has 92 valence electrons. The van der Waals surface area contributed by atoms with Gasteiger partial charge in [0, 0.05) is 0 Å². The minimum atomic E-state index is -1.58. The largest absolute Gasteiger partial charge is 0.382 e. The Balaban J connectivity index is 3.57. The van der Waals surface area contributed by atoms with Crippen LogP contribution < -0.4 is 16.4 Å². The lowest BCUT2D eigenvalue weighted by Gasteiger charge is -2.23. The highest BCUT2D eigenvalue weighted by molar-refractivity contribution is 6.91. The second-order valence-corrected chi connectivity index (χ2v) is 16.2. The van der Waals surface area contributed by atoms with Gasteiger partial charge in [0.1, 0.15) is 27.7 Å². The van der Waals surface area contributed by atoms with Gasteiger partial charge in [0.05, 0.1) is 10.6 Å². The standard InChI is InChI=1S/C12H21N3Si2/c1-8-9-11(16(2,3)4)15-12(10(13)14-9)17(5,6)7/h1H,2-7H3,(H2,13,14). The Morgan fingerprint density at radius 2 is 1.41 bits per heavy atom. The van der Waals surface area contributed by atoms with Gasteiger partial charge in [-0.2, -0.15) is 0 Å². The average Bonchev–Trinajstić information content (AvgIpc) is 2.13. The van der Waals surface area contributed by atoms with Crippen molar-refractivity contribution in [1.82, 2.24) is 9.97 Å². The number of nitrogens with zero attached hydrogens (tertiary/aromatic N) is 2. The van der Waals surface area contributed by atoms with Gasteiger partial charge in [-0.05, 0) is 5.92 Å². The quantitative estimate of drug-likeness (QED) is 0.643. The van der Waals surface area contributed by atoms with E-state index in [4.69, 9.17) is 17.1 Å². The van der Waals surface area contributed by atoms with Crippen molar-refractivity contribution in [3.63, 3.8) is 0 Å². The summed E-state index contributed by atoms with van der Waals surface area (Å²) in [6.07, 6.45) is 5.50. The van der Waals surface area contributed by atoms with E-state index in [1.165, 1.54) is 0 Å². The molecule has 0 fully saturated rings. The van der Waals surface area contributed by atoms with Crippen molar-refractivity contribution in [2.24, 2.45) is 0 Å². The number of nitrogens with two attached hydrogens (primary N) is 1. The molecule has 0 aliphatic rings. The van der Waals surface area contributed by atoms with Crippen LogP contribution in [0.1, 0.15) is 5.69 Å². The number of terminal acetylenes is 1. The van der Waals surface area contributed by atoms with Gasteiger partial charge in [-0.3, -0.25) is 4.98 Å². The Kier molecular flexibility index (Phi) is 3.51. The molecule has 1 heterocycles. The van der Waals surface area contributed by atoms with Crippen LogP contribution in [0.4, 0.5) is 5.82 Å². The van der Waals surface area contributed by atoms with Gasteiger partial charge < -0.3 is 5.73 Å².